The molecule has 0 heterocycles. The van der Waals surface area contributed by atoms with Crippen molar-refractivity contribution in [3.63, 3.8) is 0 Å². The Morgan fingerprint density at radius 3 is 2.59 bits per heavy atom. The molecule has 2 aromatic rings. The van der Waals surface area contributed by atoms with E-state index in [1.807, 2.05) is 31.2 Å². The van der Waals surface area contributed by atoms with Crippen LogP contribution in [-0.2, 0) is 0 Å². The quantitative estimate of drug-likeness (QED) is 0.658. The number of benzene rings is 2. The Kier molecular flexibility index (Phi) is 5.52. The third-order valence-corrected chi connectivity index (χ3v) is 3.26. The number of aryl methyl sites for hydroxylation is 1. The van der Waals surface area contributed by atoms with E-state index in [2.05, 4.69) is 10.6 Å². The molecular formula is C17H20N2O3. The molecular weight excluding hydrogens is 280 g/mol. The van der Waals surface area contributed by atoms with Crippen molar-refractivity contribution >= 4 is 17.3 Å². The van der Waals surface area contributed by atoms with Crippen LogP contribution in [0.3, 0.4) is 0 Å². The summed E-state index contributed by atoms with van der Waals surface area (Å²) in [6.45, 7) is 1.84. The smallest absolute Gasteiger partial charge is 0.255 e. The first-order valence-corrected chi connectivity index (χ1v) is 7.10. The molecule has 0 saturated heterocycles. The molecule has 1 unspecified atom stereocenters. The Hall–Kier alpha value is -2.37. The molecule has 0 bridgehead atoms. The van der Waals surface area contributed by atoms with E-state index < -0.39 is 6.10 Å². The summed E-state index contributed by atoms with van der Waals surface area (Å²) in [5, 5.41) is 24.0. The van der Waals surface area contributed by atoms with Gasteiger partial charge in [0.1, 0.15) is 0 Å². The minimum atomic E-state index is -0.815. The summed E-state index contributed by atoms with van der Waals surface area (Å²) < 4.78 is 0. The molecule has 2 aromatic carbocycles. The minimum absolute atomic E-state index is 0.161. The summed E-state index contributed by atoms with van der Waals surface area (Å²) in [7, 11) is 0. The summed E-state index contributed by atoms with van der Waals surface area (Å²) in [6, 6.07) is 14.6. The highest BCUT2D eigenvalue weighted by molar-refractivity contribution is 6.05. The van der Waals surface area contributed by atoms with E-state index in [-0.39, 0.29) is 19.1 Å². The van der Waals surface area contributed by atoms with E-state index in [4.69, 9.17) is 5.11 Å². The summed E-state index contributed by atoms with van der Waals surface area (Å²) in [4.78, 5) is 12.3. The van der Waals surface area contributed by atoms with Crippen LogP contribution in [0.15, 0.2) is 48.5 Å². The van der Waals surface area contributed by atoms with Crippen LogP contribution in [0.2, 0.25) is 0 Å². The summed E-state index contributed by atoms with van der Waals surface area (Å²) >= 11 is 0. The maximum atomic E-state index is 12.3. The van der Waals surface area contributed by atoms with Crippen molar-refractivity contribution in [3.8, 4) is 0 Å². The molecule has 22 heavy (non-hydrogen) atoms. The zero-order chi connectivity index (χ0) is 15.9. The molecule has 0 spiro atoms. The first-order chi connectivity index (χ1) is 10.6. The Morgan fingerprint density at radius 1 is 1.14 bits per heavy atom. The lowest BCUT2D eigenvalue weighted by Crippen LogP contribution is -2.23. The lowest BCUT2D eigenvalue weighted by molar-refractivity contribution is 0.102. The molecule has 2 rings (SSSR count). The molecule has 116 valence electrons. The van der Waals surface area contributed by atoms with Crippen LogP contribution in [0, 0.1) is 6.92 Å². The zero-order valence-electron chi connectivity index (χ0n) is 12.4. The molecule has 0 aromatic heterocycles. The van der Waals surface area contributed by atoms with Gasteiger partial charge in [0.25, 0.3) is 5.91 Å². The molecule has 0 radical (unpaired) electrons. The Balaban J connectivity index is 2.04. The van der Waals surface area contributed by atoms with E-state index in [0.29, 0.717) is 11.3 Å². The summed E-state index contributed by atoms with van der Waals surface area (Å²) in [5.74, 6) is -0.161. The minimum Gasteiger partial charge on any atom is -0.394 e. The van der Waals surface area contributed by atoms with Crippen molar-refractivity contribution in [1.29, 1.82) is 0 Å². The van der Waals surface area contributed by atoms with Crippen LogP contribution in [0.5, 0.6) is 0 Å². The van der Waals surface area contributed by atoms with Crippen molar-refractivity contribution in [2.45, 2.75) is 13.0 Å². The van der Waals surface area contributed by atoms with Crippen molar-refractivity contribution < 1.29 is 15.0 Å². The van der Waals surface area contributed by atoms with Crippen molar-refractivity contribution in [3.05, 3.63) is 59.7 Å². The van der Waals surface area contributed by atoms with E-state index in [0.717, 1.165) is 11.3 Å². The highest BCUT2D eigenvalue weighted by Gasteiger charge is 2.09. The monoisotopic (exact) mass is 300 g/mol. The fourth-order valence-electron chi connectivity index (χ4n) is 2.03. The fraction of sp³-hybridized carbons (Fsp3) is 0.235. The van der Waals surface area contributed by atoms with Crippen LogP contribution < -0.4 is 10.6 Å². The van der Waals surface area contributed by atoms with Gasteiger partial charge in [-0.3, -0.25) is 4.79 Å². The van der Waals surface area contributed by atoms with Gasteiger partial charge in [0.15, 0.2) is 0 Å². The lowest BCUT2D eigenvalue weighted by atomic mass is 10.1. The number of anilines is 2. The van der Waals surface area contributed by atoms with Gasteiger partial charge in [0.05, 0.1) is 12.7 Å². The topological polar surface area (TPSA) is 81.6 Å². The molecule has 1 amide bonds. The third-order valence-electron chi connectivity index (χ3n) is 3.26. The van der Waals surface area contributed by atoms with Gasteiger partial charge in [0, 0.05) is 23.5 Å². The van der Waals surface area contributed by atoms with Crippen LogP contribution >= 0.6 is 0 Å². The summed E-state index contributed by atoms with van der Waals surface area (Å²) in [5.41, 5.74) is 2.98. The summed E-state index contributed by atoms with van der Waals surface area (Å²) in [6.07, 6.45) is -0.815. The third kappa shape index (κ3) is 4.31. The molecule has 5 nitrogen and oxygen atoms in total. The molecule has 5 heteroatoms. The van der Waals surface area contributed by atoms with Gasteiger partial charge in [-0.25, -0.2) is 0 Å². The maximum Gasteiger partial charge on any atom is 0.255 e. The van der Waals surface area contributed by atoms with Crippen LogP contribution in [0.25, 0.3) is 0 Å². The first kappa shape index (κ1) is 16.0. The van der Waals surface area contributed by atoms with E-state index in [9.17, 15) is 9.90 Å². The number of rotatable bonds is 6. The van der Waals surface area contributed by atoms with Crippen molar-refractivity contribution in [2.24, 2.45) is 0 Å². The number of nitrogens with one attached hydrogen (secondary N) is 2. The largest absolute Gasteiger partial charge is 0.394 e. The average molecular weight is 300 g/mol. The number of carbonyl (C=O) groups is 1. The van der Waals surface area contributed by atoms with Gasteiger partial charge < -0.3 is 20.8 Å². The second kappa shape index (κ2) is 7.59. The number of aliphatic hydroxyl groups excluding tert-OH is 2. The van der Waals surface area contributed by atoms with Gasteiger partial charge in [-0.05, 0) is 36.8 Å². The van der Waals surface area contributed by atoms with Crippen LogP contribution in [0.1, 0.15) is 15.9 Å². The molecule has 0 aliphatic carbocycles. The van der Waals surface area contributed by atoms with E-state index >= 15 is 0 Å². The standard InChI is InChI=1S/C17H20N2O3/c1-12-5-2-3-8-16(12)17(22)19-14-7-4-6-13(9-14)18-10-15(21)11-20/h2-9,15,18,20-21H,10-11H2,1H3,(H,19,22). The van der Waals surface area contributed by atoms with E-state index in [1.165, 1.54) is 0 Å². The van der Waals surface area contributed by atoms with Crippen LogP contribution in [0.4, 0.5) is 11.4 Å². The average Bonchev–Trinajstić information content (AvgIpc) is 2.53. The molecule has 0 aliphatic rings. The maximum absolute atomic E-state index is 12.3. The second-order valence-corrected chi connectivity index (χ2v) is 5.07. The van der Waals surface area contributed by atoms with Crippen molar-refractivity contribution in [2.75, 3.05) is 23.8 Å². The van der Waals surface area contributed by atoms with Gasteiger partial charge in [-0.1, -0.05) is 24.3 Å². The first-order valence-electron chi connectivity index (χ1n) is 7.10. The number of hydrogen-bond acceptors (Lipinski definition) is 4. The molecule has 1 atom stereocenters. The molecule has 0 saturated carbocycles. The molecule has 4 N–H and O–H groups in total. The van der Waals surface area contributed by atoms with Gasteiger partial charge in [-0.2, -0.15) is 0 Å². The highest BCUT2D eigenvalue weighted by Crippen LogP contribution is 2.17. The van der Waals surface area contributed by atoms with E-state index in [1.54, 1.807) is 24.3 Å². The Bertz CT molecular complexity index is 643. The SMILES string of the molecule is Cc1ccccc1C(=O)Nc1cccc(NCC(O)CO)c1. The lowest BCUT2D eigenvalue weighted by Gasteiger charge is -2.12. The van der Waals surface area contributed by atoms with Crippen molar-refractivity contribution in [1.82, 2.24) is 0 Å². The number of hydrogen-bond donors (Lipinski definition) is 4. The second-order valence-electron chi connectivity index (χ2n) is 5.07. The Morgan fingerprint density at radius 2 is 1.86 bits per heavy atom. The zero-order valence-corrected chi connectivity index (χ0v) is 12.4. The number of carbonyl (C=O) groups excluding carboxylic acids is 1. The molecule has 0 aliphatic heterocycles. The van der Waals surface area contributed by atoms with Gasteiger partial charge >= 0.3 is 0 Å². The van der Waals surface area contributed by atoms with Gasteiger partial charge in [0.2, 0.25) is 0 Å². The normalized spacial score (nSPS) is 11.8. The van der Waals surface area contributed by atoms with Gasteiger partial charge in [-0.15, -0.1) is 0 Å². The van der Waals surface area contributed by atoms with Crippen LogP contribution in [-0.4, -0.2) is 35.4 Å². The predicted octanol–water partition coefficient (Wildman–Crippen LogP) is 2.01. The highest BCUT2D eigenvalue weighted by atomic mass is 16.3. The molecule has 0 fully saturated rings. The predicted molar refractivity (Wildman–Crippen MR) is 87.2 cm³/mol. The Labute approximate surface area is 129 Å². The number of aliphatic hydroxyl groups is 2. The fourth-order valence-corrected chi connectivity index (χ4v) is 2.03. The number of amides is 1.